The number of nitrogens with one attached hydrogen (secondary N) is 1. The number of hydrogen-bond acceptors (Lipinski definition) is 4. The monoisotopic (exact) mass is 341 g/mol. The van der Waals surface area contributed by atoms with E-state index >= 15 is 0 Å². The van der Waals surface area contributed by atoms with Crippen LogP contribution in [0.4, 0.5) is 0 Å². The van der Waals surface area contributed by atoms with Gasteiger partial charge in [-0.1, -0.05) is 18.2 Å². The van der Waals surface area contributed by atoms with Gasteiger partial charge in [-0.05, 0) is 49.7 Å². The Balaban J connectivity index is 1.89. The van der Waals surface area contributed by atoms with E-state index in [2.05, 4.69) is 10.3 Å². The minimum atomic E-state index is -3.67. The molecule has 6 heteroatoms. The van der Waals surface area contributed by atoms with Gasteiger partial charge in [-0.3, -0.25) is 0 Å². The molecule has 0 saturated carbocycles. The van der Waals surface area contributed by atoms with Crippen molar-refractivity contribution in [2.24, 2.45) is 0 Å². The van der Waals surface area contributed by atoms with Gasteiger partial charge >= 0.3 is 0 Å². The maximum Gasteiger partial charge on any atom is 0.269 e. The Morgan fingerprint density at radius 3 is 2.75 bits per heavy atom. The molecule has 24 heavy (non-hydrogen) atoms. The third-order valence-electron chi connectivity index (χ3n) is 4.49. The average molecular weight is 341 g/mol. The first-order valence-corrected chi connectivity index (χ1v) is 9.59. The molecule has 3 heterocycles. The number of aromatic nitrogens is 2. The van der Waals surface area contributed by atoms with Crippen LogP contribution in [-0.2, 0) is 16.4 Å². The van der Waals surface area contributed by atoms with Crippen LogP contribution in [0.3, 0.4) is 0 Å². The van der Waals surface area contributed by atoms with Crippen LogP contribution >= 0.6 is 0 Å². The maximum atomic E-state index is 13.2. The van der Waals surface area contributed by atoms with Crippen molar-refractivity contribution >= 4 is 21.1 Å². The predicted octanol–water partition coefficient (Wildman–Crippen LogP) is 2.57. The summed E-state index contributed by atoms with van der Waals surface area (Å²) in [5.74, 6) is 0. The molecule has 1 aromatic carbocycles. The van der Waals surface area contributed by atoms with Gasteiger partial charge < -0.3 is 5.32 Å². The van der Waals surface area contributed by atoms with Gasteiger partial charge in [0.05, 0.1) is 4.90 Å². The molecule has 1 N–H and O–H groups in total. The molecule has 0 spiro atoms. The first-order chi connectivity index (χ1) is 11.7. The molecule has 0 bridgehead atoms. The molecular weight excluding hydrogens is 322 g/mol. The largest absolute Gasteiger partial charge is 0.314 e. The lowest BCUT2D eigenvalue weighted by molar-refractivity contribution is 0.572. The zero-order valence-corrected chi connectivity index (χ0v) is 14.0. The zero-order valence-electron chi connectivity index (χ0n) is 13.2. The second-order valence-corrected chi connectivity index (χ2v) is 7.92. The first-order valence-electron chi connectivity index (χ1n) is 8.15. The number of hydrogen-bond donors (Lipinski definition) is 1. The lowest BCUT2D eigenvalue weighted by Gasteiger charge is -2.14. The Kier molecular flexibility index (Phi) is 3.86. The number of fused-ring (bicyclic) bond motifs is 1. The molecule has 5 nitrogen and oxygen atoms in total. The normalized spacial score (nSPS) is 18.2. The summed E-state index contributed by atoms with van der Waals surface area (Å²) in [5, 5.41) is 4.29. The van der Waals surface area contributed by atoms with E-state index in [1.54, 1.807) is 30.5 Å². The van der Waals surface area contributed by atoms with Gasteiger partial charge in [0.2, 0.25) is 0 Å². The van der Waals surface area contributed by atoms with E-state index in [1.165, 1.54) is 3.97 Å². The minimum Gasteiger partial charge on any atom is -0.314 e. The van der Waals surface area contributed by atoms with Crippen molar-refractivity contribution < 1.29 is 8.42 Å². The molecular formula is C18H19N3O2S. The van der Waals surface area contributed by atoms with Gasteiger partial charge in [-0.25, -0.2) is 17.4 Å². The first kappa shape index (κ1) is 15.4. The molecule has 1 aliphatic rings. The van der Waals surface area contributed by atoms with E-state index in [4.69, 9.17) is 0 Å². The maximum absolute atomic E-state index is 13.2. The Labute approximate surface area is 141 Å². The van der Waals surface area contributed by atoms with Crippen LogP contribution in [0.15, 0.2) is 59.6 Å². The van der Waals surface area contributed by atoms with Gasteiger partial charge in [0.25, 0.3) is 10.0 Å². The standard InChI is InChI=1S/C18H19N3O2S/c22-24(23,17-8-2-1-3-9-17)21-16(13-15-7-5-10-19-15)12-14-6-4-11-20-18(14)21/h1-4,6,8-9,11-12,15,19H,5,7,10,13H2. The molecule has 1 aliphatic heterocycles. The van der Waals surface area contributed by atoms with Crippen LogP contribution in [0.25, 0.3) is 11.0 Å². The topological polar surface area (TPSA) is 64.0 Å². The highest BCUT2D eigenvalue weighted by Gasteiger charge is 2.26. The van der Waals surface area contributed by atoms with Crippen LogP contribution in [0.5, 0.6) is 0 Å². The predicted molar refractivity (Wildman–Crippen MR) is 93.5 cm³/mol. The van der Waals surface area contributed by atoms with Crippen LogP contribution in [0.2, 0.25) is 0 Å². The average Bonchev–Trinajstić information content (AvgIpc) is 3.23. The van der Waals surface area contributed by atoms with Crippen molar-refractivity contribution in [3.8, 4) is 0 Å². The molecule has 2 aromatic heterocycles. The summed E-state index contributed by atoms with van der Waals surface area (Å²) in [6.45, 7) is 0.995. The van der Waals surface area contributed by atoms with Crippen molar-refractivity contribution in [1.29, 1.82) is 0 Å². The molecule has 1 unspecified atom stereocenters. The van der Waals surface area contributed by atoms with Crippen LogP contribution in [-0.4, -0.2) is 30.0 Å². The van der Waals surface area contributed by atoms with Crippen molar-refractivity contribution in [2.75, 3.05) is 6.54 Å². The lowest BCUT2D eigenvalue weighted by atomic mass is 10.1. The van der Waals surface area contributed by atoms with E-state index in [-0.39, 0.29) is 4.90 Å². The number of rotatable bonds is 4. The quantitative estimate of drug-likeness (QED) is 0.792. The Morgan fingerprint density at radius 1 is 1.17 bits per heavy atom. The van der Waals surface area contributed by atoms with Crippen molar-refractivity contribution in [3.63, 3.8) is 0 Å². The molecule has 1 atom stereocenters. The molecule has 0 aliphatic carbocycles. The fourth-order valence-electron chi connectivity index (χ4n) is 3.36. The van der Waals surface area contributed by atoms with Gasteiger partial charge in [0.15, 0.2) is 5.65 Å². The van der Waals surface area contributed by atoms with Gasteiger partial charge in [0, 0.05) is 29.7 Å². The van der Waals surface area contributed by atoms with Crippen LogP contribution in [0.1, 0.15) is 18.5 Å². The highest BCUT2D eigenvalue weighted by Crippen LogP contribution is 2.26. The highest BCUT2D eigenvalue weighted by molar-refractivity contribution is 7.90. The number of nitrogens with zero attached hydrogens (tertiary/aromatic N) is 2. The van der Waals surface area contributed by atoms with Crippen LogP contribution in [0, 0.1) is 0 Å². The second kappa shape index (κ2) is 6.03. The van der Waals surface area contributed by atoms with Gasteiger partial charge in [-0.15, -0.1) is 0 Å². The molecule has 1 fully saturated rings. The highest BCUT2D eigenvalue weighted by atomic mass is 32.2. The van der Waals surface area contributed by atoms with Crippen molar-refractivity contribution in [3.05, 3.63) is 60.4 Å². The molecule has 3 aromatic rings. The number of pyridine rings is 1. The minimum absolute atomic E-state index is 0.286. The fraction of sp³-hybridized carbons (Fsp3) is 0.278. The summed E-state index contributed by atoms with van der Waals surface area (Å²) in [7, 11) is -3.67. The van der Waals surface area contributed by atoms with E-state index in [0.717, 1.165) is 30.5 Å². The van der Waals surface area contributed by atoms with Gasteiger partial charge in [0.1, 0.15) is 0 Å². The lowest BCUT2D eigenvalue weighted by Crippen LogP contribution is -2.26. The summed E-state index contributed by atoms with van der Waals surface area (Å²) in [6, 6.07) is 14.6. The Bertz CT molecular complexity index is 958. The summed E-state index contributed by atoms with van der Waals surface area (Å²) in [6.07, 6.45) is 4.52. The van der Waals surface area contributed by atoms with Gasteiger partial charge in [-0.2, -0.15) is 0 Å². The molecule has 0 amide bonds. The third-order valence-corrected chi connectivity index (χ3v) is 6.25. The molecule has 1 saturated heterocycles. The van der Waals surface area contributed by atoms with E-state index in [1.807, 2.05) is 24.3 Å². The molecule has 4 rings (SSSR count). The molecule has 0 radical (unpaired) electrons. The smallest absolute Gasteiger partial charge is 0.269 e. The number of benzene rings is 1. The second-order valence-electron chi connectivity index (χ2n) is 6.13. The van der Waals surface area contributed by atoms with Crippen LogP contribution < -0.4 is 5.32 Å². The third kappa shape index (κ3) is 2.61. The summed E-state index contributed by atoms with van der Waals surface area (Å²) < 4.78 is 27.8. The van der Waals surface area contributed by atoms with E-state index in [0.29, 0.717) is 18.1 Å². The summed E-state index contributed by atoms with van der Waals surface area (Å²) >= 11 is 0. The van der Waals surface area contributed by atoms with E-state index < -0.39 is 10.0 Å². The molecule has 124 valence electrons. The Hall–Kier alpha value is -2.18. The zero-order chi connectivity index (χ0) is 16.6. The van der Waals surface area contributed by atoms with Crippen molar-refractivity contribution in [1.82, 2.24) is 14.3 Å². The fourth-order valence-corrected chi connectivity index (χ4v) is 4.89. The summed E-state index contributed by atoms with van der Waals surface area (Å²) in [5.41, 5.74) is 1.28. The SMILES string of the molecule is O=S(=O)(c1ccccc1)n1c(CC2CCCN2)cc2cccnc21. The summed E-state index contributed by atoms with van der Waals surface area (Å²) in [4.78, 5) is 4.62. The van der Waals surface area contributed by atoms with E-state index in [9.17, 15) is 8.42 Å². The van der Waals surface area contributed by atoms with Crippen molar-refractivity contribution in [2.45, 2.75) is 30.2 Å². The Morgan fingerprint density at radius 2 is 2.00 bits per heavy atom.